The summed E-state index contributed by atoms with van der Waals surface area (Å²) in [5.74, 6) is 2.49. The average Bonchev–Trinajstić information content (AvgIpc) is 3.20. The predicted molar refractivity (Wildman–Crippen MR) is 128 cm³/mol. The lowest BCUT2D eigenvalue weighted by molar-refractivity contribution is 0.307. The molecule has 0 aliphatic heterocycles. The third kappa shape index (κ3) is 5.68. The van der Waals surface area contributed by atoms with Crippen LogP contribution in [0.2, 0.25) is 5.02 Å². The summed E-state index contributed by atoms with van der Waals surface area (Å²) in [7, 11) is 3.75. The Hall–Kier alpha value is -2.87. The van der Waals surface area contributed by atoms with E-state index in [1.165, 1.54) is 11.1 Å². The molecule has 0 amide bonds. The van der Waals surface area contributed by atoms with Crippen molar-refractivity contribution >= 4 is 23.4 Å². The number of rotatable bonds is 9. The van der Waals surface area contributed by atoms with Gasteiger partial charge in [-0.05, 0) is 60.6 Å². The molecule has 0 unspecified atom stereocenters. The molecular weight excluding hydrogens is 442 g/mol. The highest BCUT2D eigenvalue weighted by atomic mass is 35.5. The van der Waals surface area contributed by atoms with E-state index >= 15 is 0 Å². The Bertz CT molecular complexity index is 1170. The molecular formula is C24H24ClN5OS. The highest BCUT2D eigenvalue weighted by molar-refractivity contribution is 7.98. The Balaban J connectivity index is 1.57. The molecule has 0 atom stereocenters. The number of pyridine rings is 1. The molecule has 2 aromatic carbocycles. The Morgan fingerprint density at radius 1 is 0.969 bits per heavy atom. The van der Waals surface area contributed by atoms with Crippen LogP contribution in [0.1, 0.15) is 17.0 Å². The lowest BCUT2D eigenvalue weighted by atomic mass is 10.2. The molecule has 0 bridgehead atoms. The van der Waals surface area contributed by atoms with E-state index in [4.69, 9.17) is 16.3 Å². The van der Waals surface area contributed by atoms with Crippen molar-refractivity contribution < 1.29 is 4.74 Å². The SMILES string of the molecule is COc1cccc(CN(C)Cc2nnc(SCc3ccncc3)n2-c2cccc(Cl)c2)c1. The van der Waals surface area contributed by atoms with Gasteiger partial charge in [-0.15, -0.1) is 10.2 Å². The Labute approximate surface area is 197 Å². The van der Waals surface area contributed by atoms with Crippen LogP contribution in [0.4, 0.5) is 0 Å². The van der Waals surface area contributed by atoms with Crippen LogP contribution in [0, 0.1) is 0 Å². The van der Waals surface area contributed by atoms with Crippen LogP contribution in [-0.2, 0) is 18.8 Å². The van der Waals surface area contributed by atoms with Crippen molar-refractivity contribution in [2.45, 2.75) is 24.0 Å². The first kappa shape index (κ1) is 22.3. The van der Waals surface area contributed by atoms with Gasteiger partial charge in [-0.3, -0.25) is 14.5 Å². The van der Waals surface area contributed by atoms with Gasteiger partial charge in [-0.1, -0.05) is 41.6 Å². The number of hydrogen-bond donors (Lipinski definition) is 0. The van der Waals surface area contributed by atoms with Gasteiger partial charge >= 0.3 is 0 Å². The number of methoxy groups -OCH3 is 1. The Morgan fingerprint density at radius 2 is 1.78 bits per heavy atom. The zero-order chi connectivity index (χ0) is 22.3. The highest BCUT2D eigenvalue weighted by Crippen LogP contribution is 2.27. The zero-order valence-corrected chi connectivity index (χ0v) is 19.6. The minimum atomic E-state index is 0.631. The van der Waals surface area contributed by atoms with Crippen molar-refractivity contribution in [3.05, 3.63) is 95.0 Å². The monoisotopic (exact) mass is 465 g/mol. The maximum absolute atomic E-state index is 6.29. The van der Waals surface area contributed by atoms with Gasteiger partial charge in [0.25, 0.3) is 0 Å². The van der Waals surface area contributed by atoms with Crippen LogP contribution in [0.25, 0.3) is 5.69 Å². The number of thioether (sulfide) groups is 1. The molecule has 164 valence electrons. The number of ether oxygens (including phenoxy) is 1. The predicted octanol–water partition coefficient (Wildman–Crippen LogP) is 5.25. The quantitative estimate of drug-likeness (QED) is 0.315. The summed E-state index contributed by atoms with van der Waals surface area (Å²) < 4.78 is 7.43. The minimum Gasteiger partial charge on any atom is -0.497 e. The molecule has 0 saturated carbocycles. The molecule has 4 aromatic rings. The molecule has 0 spiro atoms. The Kier molecular flexibility index (Phi) is 7.42. The normalized spacial score (nSPS) is 11.1. The second kappa shape index (κ2) is 10.6. The van der Waals surface area contributed by atoms with Gasteiger partial charge in [0.2, 0.25) is 0 Å². The van der Waals surface area contributed by atoms with Crippen LogP contribution in [-0.4, -0.2) is 38.8 Å². The molecule has 0 saturated heterocycles. The van der Waals surface area contributed by atoms with Crippen molar-refractivity contribution in [1.29, 1.82) is 0 Å². The van der Waals surface area contributed by atoms with E-state index < -0.39 is 0 Å². The fourth-order valence-corrected chi connectivity index (χ4v) is 4.49. The number of nitrogens with zero attached hydrogens (tertiary/aromatic N) is 5. The number of aromatic nitrogens is 4. The molecule has 2 heterocycles. The fraction of sp³-hybridized carbons (Fsp3) is 0.208. The van der Waals surface area contributed by atoms with E-state index in [1.54, 1.807) is 31.3 Å². The fourth-order valence-electron chi connectivity index (χ4n) is 3.38. The van der Waals surface area contributed by atoms with Gasteiger partial charge in [0.15, 0.2) is 11.0 Å². The molecule has 0 fully saturated rings. The first-order valence-electron chi connectivity index (χ1n) is 10.2. The largest absolute Gasteiger partial charge is 0.497 e. The van der Waals surface area contributed by atoms with Gasteiger partial charge < -0.3 is 4.74 Å². The number of halogens is 1. The lowest BCUT2D eigenvalue weighted by Gasteiger charge is -2.18. The van der Waals surface area contributed by atoms with Gasteiger partial charge in [-0.2, -0.15) is 0 Å². The van der Waals surface area contributed by atoms with Gasteiger partial charge in [0.1, 0.15) is 5.75 Å². The van der Waals surface area contributed by atoms with E-state index in [-0.39, 0.29) is 0 Å². The van der Waals surface area contributed by atoms with E-state index in [9.17, 15) is 0 Å². The highest BCUT2D eigenvalue weighted by Gasteiger charge is 2.17. The third-order valence-electron chi connectivity index (χ3n) is 4.88. The minimum absolute atomic E-state index is 0.631. The summed E-state index contributed by atoms with van der Waals surface area (Å²) in [5.41, 5.74) is 3.31. The van der Waals surface area contributed by atoms with Crippen molar-refractivity contribution in [3.63, 3.8) is 0 Å². The summed E-state index contributed by atoms with van der Waals surface area (Å²) in [5, 5.41) is 10.5. The number of benzene rings is 2. The van der Waals surface area contributed by atoms with Crippen LogP contribution < -0.4 is 4.74 Å². The second-order valence-electron chi connectivity index (χ2n) is 7.38. The van der Waals surface area contributed by atoms with E-state index in [1.807, 2.05) is 54.6 Å². The molecule has 2 aromatic heterocycles. The van der Waals surface area contributed by atoms with Gasteiger partial charge in [0, 0.05) is 29.7 Å². The average molecular weight is 466 g/mol. The molecule has 0 aliphatic carbocycles. The maximum Gasteiger partial charge on any atom is 0.196 e. The summed E-state index contributed by atoms with van der Waals surface area (Å²) in [6, 6.07) is 19.9. The zero-order valence-electron chi connectivity index (χ0n) is 18.0. The Morgan fingerprint density at radius 3 is 2.56 bits per heavy atom. The van der Waals surface area contributed by atoms with Crippen LogP contribution in [0.3, 0.4) is 0 Å². The molecule has 6 nitrogen and oxygen atoms in total. The lowest BCUT2D eigenvalue weighted by Crippen LogP contribution is -2.20. The second-order valence-corrected chi connectivity index (χ2v) is 8.76. The first-order valence-corrected chi connectivity index (χ1v) is 11.5. The molecule has 8 heteroatoms. The molecule has 0 aliphatic rings. The van der Waals surface area contributed by atoms with Gasteiger partial charge in [0.05, 0.1) is 19.3 Å². The van der Waals surface area contributed by atoms with E-state index in [0.29, 0.717) is 11.6 Å². The maximum atomic E-state index is 6.29. The smallest absolute Gasteiger partial charge is 0.196 e. The summed E-state index contributed by atoms with van der Waals surface area (Å²) in [6.07, 6.45) is 3.60. The van der Waals surface area contributed by atoms with Crippen LogP contribution in [0.5, 0.6) is 5.75 Å². The van der Waals surface area contributed by atoms with Crippen LogP contribution in [0.15, 0.2) is 78.2 Å². The summed E-state index contributed by atoms with van der Waals surface area (Å²) >= 11 is 7.93. The van der Waals surface area contributed by atoms with Crippen molar-refractivity contribution in [1.82, 2.24) is 24.6 Å². The first-order chi connectivity index (χ1) is 15.6. The van der Waals surface area contributed by atoms with Crippen molar-refractivity contribution in [3.8, 4) is 11.4 Å². The number of hydrogen-bond acceptors (Lipinski definition) is 6. The topological polar surface area (TPSA) is 56.1 Å². The summed E-state index contributed by atoms with van der Waals surface area (Å²) in [6.45, 7) is 1.39. The molecule has 32 heavy (non-hydrogen) atoms. The van der Waals surface area contributed by atoms with Crippen molar-refractivity contribution in [2.75, 3.05) is 14.2 Å². The van der Waals surface area contributed by atoms with E-state index in [0.717, 1.165) is 34.7 Å². The van der Waals surface area contributed by atoms with Gasteiger partial charge in [-0.25, -0.2) is 0 Å². The third-order valence-corrected chi connectivity index (χ3v) is 6.12. The molecule has 0 radical (unpaired) electrons. The van der Waals surface area contributed by atoms with Crippen LogP contribution >= 0.6 is 23.4 Å². The molecule has 4 rings (SSSR count). The van der Waals surface area contributed by atoms with E-state index in [2.05, 4.69) is 37.8 Å². The summed E-state index contributed by atoms with van der Waals surface area (Å²) in [4.78, 5) is 6.29. The molecule has 0 N–H and O–H groups in total. The standard InChI is InChI=1S/C24H24ClN5OS/c1-29(15-19-5-3-8-22(13-19)31-2)16-23-27-28-24(32-17-18-9-11-26-12-10-18)30(23)21-7-4-6-20(25)14-21/h3-14H,15-17H2,1-2H3. The van der Waals surface area contributed by atoms with Crippen molar-refractivity contribution in [2.24, 2.45) is 0 Å².